The first-order valence-corrected chi connectivity index (χ1v) is 4.67. The highest BCUT2D eigenvalue weighted by Gasteiger charge is 2.09. The summed E-state index contributed by atoms with van der Waals surface area (Å²) in [7, 11) is 2.98. The van der Waals surface area contributed by atoms with Crippen LogP contribution in [0, 0.1) is 0 Å². The molecule has 0 rings (SSSR count). The molecule has 0 aliphatic heterocycles. The van der Waals surface area contributed by atoms with Crippen LogP contribution in [0.4, 0.5) is 4.79 Å². The van der Waals surface area contributed by atoms with E-state index >= 15 is 0 Å². The lowest BCUT2D eigenvalue weighted by atomic mass is 10.3. The van der Waals surface area contributed by atoms with Gasteiger partial charge in [-0.2, -0.15) is 0 Å². The SMILES string of the molecule is CCCCN(C)C(=O)CNC(=O)OC. The molecule has 0 spiro atoms. The summed E-state index contributed by atoms with van der Waals surface area (Å²) in [5, 5.41) is 2.34. The van der Waals surface area contributed by atoms with Crippen molar-refractivity contribution in [2.24, 2.45) is 0 Å². The molecule has 0 bridgehead atoms. The molecule has 0 aliphatic carbocycles. The van der Waals surface area contributed by atoms with Crippen LogP contribution >= 0.6 is 0 Å². The van der Waals surface area contributed by atoms with Crippen molar-refractivity contribution in [1.82, 2.24) is 10.2 Å². The Labute approximate surface area is 84.4 Å². The second kappa shape index (κ2) is 7.17. The van der Waals surface area contributed by atoms with Gasteiger partial charge < -0.3 is 15.0 Å². The molecule has 5 nitrogen and oxygen atoms in total. The number of carbonyl (C=O) groups excluding carboxylic acids is 2. The van der Waals surface area contributed by atoms with Crippen LogP contribution in [0.3, 0.4) is 0 Å². The summed E-state index contributed by atoms with van der Waals surface area (Å²) in [5.74, 6) is -0.108. The summed E-state index contributed by atoms with van der Waals surface area (Å²) in [6.45, 7) is 2.77. The molecule has 0 saturated heterocycles. The normalized spacial score (nSPS) is 9.36. The second-order valence-electron chi connectivity index (χ2n) is 3.01. The number of ether oxygens (including phenoxy) is 1. The Morgan fingerprint density at radius 3 is 2.57 bits per heavy atom. The summed E-state index contributed by atoms with van der Waals surface area (Å²) >= 11 is 0. The Hall–Kier alpha value is -1.26. The third-order valence-corrected chi connectivity index (χ3v) is 1.84. The van der Waals surface area contributed by atoms with E-state index in [1.807, 2.05) is 0 Å². The lowest BCUT2D eigenvalue weighted by molar-refractivity contribution is -0.128. The lowest BCUT2D eigenvalue weighted by Crippen LogP contribution is -2.38. The van der Waals surface area contributed by atoms with Crippen LogP contribution in [0.25, 0.3) is 0 Å². The minimum absolute atomic E-state index is 0.00706. The fourth-order valence-electron chi connectivity index (χ4n) is 0.875. The van der Waals surface area contributed by atoms with Crippen LogP contribution in [0.2, 0.25) is 0 Å². The van der Waals surface area contributed by atoms with Gasteiger partial charge in [0.15, 0.2) is 0 Å². The van der Waals surface area contributed by atoms with Gasteiger partial charge in [0.25, 0.3) is 0 Å². The molecule has 0 aromatic rings. The average molecular weight is 202 g/mol. The lowest BCUT2D eigenvalue weighted by Gasteiger charge is -2.16. The summed E-state index contributed by atoms with van der Waals surface area (Å²) in [4.78, 5) is 23.6. The molecular formula is C9H18N2O3. The van der Waals surface area contributed by atoms with Crippen LogP contribution in [0.5, 0.6) is 0 Å². The number of rotatable bonds is 5. The molecule has 5 heteroatoms. The highest BCUT2D eigenvalue weighted by molar-refractivity contribution is 5.81. The van der Waals surface area contributed by atoms with Crippen molar-refractivity contribution in [3.63, 3.8) is 0 Å². The zero-order valence-corrected chi connectivity index (χ0v) is 9.00. The summed E-state index contributed by atoms with van der Waals surface area (Å²) in [6, 6.07) is 0. The third-order valence-electron chi connectivity index (χ3n) is 1.84. The zero-order valence-electron chi connectivity index (χ0n) is 9.00. The van der Waals surface area contributed by atoms with Crippen molar-refractivity contribution in [3.05, 3.63) is 0 Å². The van der Waals surface area contributed by atoms with Crippen LogP contribution in [0.1, 0.15) is 19.8 Å². The number of methoxy groups -OCH3 is 1. The minimum atomic E-state index is -0.581. The molecule has 0 atom stereocenters. The highest BCUT2D eigenvalue weighted by Crippen LogP contribution is 1.91. The number of nitrogens with one attached hydrogen (secondary N) is 1. The number of hydrogen-bond acceptors (Lipinski definition) is 3. The topological polar surface area (TPSA) is 58.6 Å². The standard InChI is InChI=1S/C9H18N2O3/c1-4-5-6-11(2)8(12)7-10-9(13)14-3/h4-7H2,1-3H3,(H,10,13). The van der Waals surface area contributed by atoms with Crippen LogP contribution in [0.15, 0.2) is 0 Å². The number of likely N-dealkylation sites (N-methyl/N-ethyl adjacent to an activating group) is 1. The third kappa shape index (κ3) is 5.40. The van der Waals surface area contributed by atoms with E-state index in [9.17, 15) is 9.59 Å². The van der Waals surface area contributed by atoms with E-state index in [1.165, 1.54) is 7.11 Å². The van der Waals surface area contributed by atoms with Gasteiger partial charge in [-0.15, -0.1) is 0 Å². The Balaban J connectivity index is 3.67. The van der Waals surface area contributed by atoms with Gasteiger partial charge in [0, 0.05) is 13.6 Å². The number of amides is 2. The molecule has 0 unspecified atom stereocenters. The van der Waals surface area contributed by atoms with E-state index in [2.05, 4.69) is 17.0 Å². The van der Waals surface area contributed by atoms with Gasteiger partial charge in [0.1, 0.15) is 6.54 Å². The maximum absolute atomic E-state index is 11.3. The molecule has 2 amide bonds. The van der Waals surface area contributed by atoms with Crippen molar-refractivity contribution in [1.29, 1.82) is 0 Å². The molecular weight excluding hydrogens is 184 g/mol. The average Bonchev–Trinajstić information content (AvgIpc) is 2.21. The molecule has 0 fully saturated rings. The van der Waals surface area contributed by atoms with Crippen molar-refractivity contribution in [2.75, 3.05) is 27.2 Å². The van der Waals surface area contributed by atoms with E-state index in [0.29, 0.717) is 0 Å². The molecule has 82 valence electrons. The Morgan fingerprint density at radius 2 is 2.07 bits per heavy atom. The predicted molar refractivity (Wildman–Crippen MR) is 53.0 cm³/mol. The number of nitrogens with zero attached hydrogens (tertiary/aromatic N) is 1. The monoisotopic (exact) mass is 202 g/mol. The van der Waals surface area contributed by atoms with E-state index < -0.39 is 6.09 Å². The number of unbranched alkanes of at least 4 members (excludes halogenated alkanes) is 1. The van der Waals surface area contributed by atoms with Crippen LogP contribution in [-0.4, -0.2) is 44.1 Å². The van der Waals surface area contributed by atoms with Gasteiger partial charge in [-0.25, -0.2) is 4.79 Å². The number of carbonyl (C=O) groups is 2. The summed E-state index contributed by atoms with van der Waals surface area (Å²) in [6.07, 6.45) is 1.44. The first-order valence-electron chi connectivity index (χ1n) is 4.67. The number of hydrogen-bond donors (Lipinski definition) is 1. The Morgan fingerprint density at radius 1 is 1.43 bits per heavy atom. The molecule has 0 aromatic heterocycles. The van der Waals surface area contributed by atoms with Crippen molar-refractivity contribution in [3.8, 4) is 0 Å². The van der Waals surface area contributed by atoms with Crippen molar-refractivity contribution in [2.45, 2.75) is 19.8 Å². The van der Waals surface area contributed by atoms with Gasteiger partial charge in [-0.05, 0) is 6.42 Å². The van der Waals surface area contributed by atoms with E-state index in [0.717, 1.165) is 19.4 Å². The van der Waals surface area contributed by atoms with Gasteiger partial charge in [-0.3, -0.25) is 4.79 Å². The minimum Gasteiger partial charge on any atom is -0.453 e. The fraction of sp³-hybridized carbons (Fsp3) is 0.778. The quantitative estimate of drug-likeness (QED) is 0.710. The van der Waals surface area contributed by atoms with E-state index in [1.54, 1.807) is 11.9 Å². The molecule has 0 radical (unpaired) electrons. The largest absolute Gasteiger partial charge is 0.453 e. The van der Waals surface area contributed by atoms with Crippen LogP contribution in [-0.2, 0) is 9.53 Å². The maximum atomic E-state index is 11.3. The Kier molecular flexibility index (Phi) is 6.53. The van der Waals surface area contributed by atoms with Gasteiger partial charge in [0.05, 0.1) is 7.11 Å². The highest BCUT2D eigenvalue weighted by atomic mass is 16.5. The molecule has 0 aromatic carbocycles. The summed E-state index contributed by atoms with van der Waals surface area (Å²) < 4.78 is 4.34. The summed E-state index contributed by atoms with van der Waals surface area (Å²) in [5.41, 5.74) is 0. The molecule has 0 heterocycles. The van der Waals surface area contributed by atoms with Crippen LogP contribution < -0.4 is 5.32 Å². The first kappa shape index (κ1) is 12.7. The molecule has 1 N–H and O–H groups in total. The van der Waals surface area contributed by atoms with Gasteiger partial charge in [-0.1, -0.05) is 13.3 Å². The van der Waals surface area contributed by atoms with Gasteiger partial charge >= 0.3 is 6.09 Å². The van der Waals surface area contributed by atoms with E-state index in [-0.39, 0.29) is 12.5 Å². The van der Waals surface area contributed by atoms with Crippen molar-refractivity contribution < 1.29 is 14.3 Å². The molecule has 14 heavy (non-hydrogen) atoms. The maximum Gasteiger partial charge on any atom is 0.407 e. The zero-order chi connectivity index (χ0) is 11.0. The second-order valence-corrected chi connectivity index (χ2v) is 3.01. The predicted octanol–water partition coefficient (Wildman–Crippen LogP) is 0.601. The fourth-order valence-corrected chi connectivity index (χ4v) is 0.875. The Bertz CT molecular complexity index is 194. The smallest absolute Gasteiger partial charge is 0.407 e. The first-order chi connectivity index (χ1) is 6.61. The molecule has 0 aliphatic rings. The van der Waals surface area contributed by atoms with E-state index in [4.69, 9.17) is 0 Å². The molecule has 0 saturated carbocycles. The van der Waals surface area contributed by atoms with Gasteiger partial charge in [0.2, 0.25) is 5.91 Å². The number of alkyl carbamates (subject to hydrolysis) is 1. The van der Waals surface area contributed by atoms with Crippen molar-refractivity contribution >= 4 is 12.0 Å².